The summed E-state index contributed by atoms with van der Waals surface area (Å²) in [7, 11) is 1.67. The predicted molar refractivity (Wildman–Crippen MR) is 111 cm³/mol. The van der Waals surface area contributed by atoms with Crippen molar-refractivity contribution in [3.05, 3.63) is 68.6 Å². The number of thioether (sulfide) groups is 2. The van der Waals surface area contributed by atoms with Crippen LogP contribution in [0.1, 0.15) is 11.1 Å². The minimum absolute atomic E-state index is 0.0379. The van der Waals surface area contributed by atoms with E-state index in [-0.39, 0.29) is 11.6 Å². The molecule has 2 aromatic carbocycles. The van der Waals surface area contributed by atoms with E-state index < -0.39 is 4.92 Å². The number of hydrogen-bond acceptors (Lipinski definition) is 6. The molecule has 0 N–H and O–H groups in total. The summed E-state index contributed by atoms with van der Waals surface area (Å²) in [5.41, 5.74) is 2.01. The molecule has 138 valence electrons. The number of carbonyl (C=O) groups is 1. The lowest BCUT2D eigenvalue weighted by Gasteiger charge is -2.07. The van der Waals surface area contributed by atoms with Crippen molar-refractivity contribution >= 4 is 52.0 Å². The normalized spacial score (nSPS) is 17.1. The minimum Gasteiger partial charge on any atom is -0.290 e. The summed E-state index contributed by atoms with van der Waals surface area (Å²) in [6.45, 7) is 1.69. The third kappa shape index (κ3) is 4.23. The quantitative estimate of drug-likeness (QED) is 0.318. The van der Waals surface area contributed by atoms with E-state index in [9.17, 15) is 14.9 Å². The Kier molecular flexibility index (Phi) is 5.67. The van der Waals surface area contributed by atoms with Crippen molar-refractivity contribution in [2.75, 3.05) is 13.3 Å². The molecule has 1 aliphatic rings. The van der Waals surface area contributed by atoms with E-state index in [4.69, 9.17) is 0 Å². The lowest BCUT2D eigenvalue weighted by atomic mass is 10.1. The van der Waals surface area contributed by atoms with Gasteiger partial charge >= 0.3 is 0 Å². The molecule has 1 amide bonds. The Hall–Kier alpha value is -2.58. The van der Waals surface area contributed by atoms with Crippen LogP contribution in [-0.4, -0.2) is 34.2 Å². The largest absolute Gasteiger partial charge is 0.290 e. The van der Waals surface area contributed by atoms with Gasteiger partial charge in [0.15, 0.2) is 5.17 Å². The molecule has 0 unspecified atom stereocenters. The maximum atomic E-state index is 12.5. The van der Waals surface area contributed by atoms with E-state index in [2.05, 4.69) is 4.99 Å². The van der Waals surface area contributed by atoms with Gasteiger partial charge < -0.3 is 0 Å². The van der Waals surface area contributed by atoms with Crippen molar-refractivity contribution in [1.82, 2.24) is 4.90 Å². The fourth-order valence-corrected chi connectivity index (χ4v) is 3.95. The molecule has 3 rings (SSSR count). The smallest absolute Gasteiger partial charge is 0.272 e. The second-order valence-corrected chi connectivity index (χ2v) is 7.76. The maximum Gasteiger partial charge on any atom is 0.272 e. The highest BCUT2D eigenvalue weighted by Gasteiger charge is 2.30. The number of carbonyl (C=O) groups excluding carboxylic acids is 1. The summed E-state index contributed by atoms with van der Waals surface area (Å²) in [5.74, 6) is -0.178. The van der Waals surface area contributed by atoms with Crippen molar-refractivity contribution < 1.29 is 9.72 Å². The van der Waals surface area contributed by atoms with Crippen molar-refractivity contribution in [1.29, 1.82) is 0 Å². The SMILES string of the molecule is CSc1cccc(N=C2S/C(=C/c3ccc(C)c([N+](=O)[O-])c3)C(=O)N2C)c1. The van der Waals surface area contributed by atoms with Crippen LogP contribution in [0, 0.1) is 17.0 Å². The van der Waals surface area contributed by atoms with Gasteiger partial charge in [0.1, 0.15) is 0 Å². The molecule has 2 aromatic rings. The first-order valence-electron chi connectivity index (χ1n) is 8.04. The van der Waals surface area contributed by atoms with Gasteiger partial charge in [-0.25, -0.2) is 4.99 Å². The average molecular weight is 399 g/mol. The molecular weight excluding hydrogens is 382 g/mol. The Bertz CT molecular complexity index is 986. The molecule has 27 heavy (non-hydrogen) atoms. The predicted octanol–water partition coefficient (Wildman–Crippen LogP) is 4.86. The molecule has 1 aliphatic heterocycles. The monoisotopic (exact) mass is 399 g/mol. The van der Waals surface area contributed by atoms with Crippen molar-refractivity contribution in [2.45, 2.75) is 11.8 Å². The third-order valence-electron chi connectivity index (χ3n) is 4.01. The summed E-state index contributed by atoms with van der Waals surface area (Å²) in [6.07, 6.45) is 3.66. The zero-order valence-electron chi connectivity index (χ0n) is 15.0. The molecule has 8 heteroatoms. The molecule has 0 aliphatic carbocycles. The number of amides is 1. The van der Waals surface area contributed by atoms with Gasteiger partial charge in [0.25, 0.3) is 11.6 Å². The second-order valence-electron chi connectivity index (χ2n) is 5.87. The minimum atomic E-state index is -0.418. The Morgan fingerprint density at radius 3 is 2.74 bits per heavy atom. The zero-order chi connectivity index (χ0) is 19.6. The summed E-state index contributed by atoms with van der Waals surface area (Å²) < 4.78 is 0. The summed E-state index contributed by atoms with van der Waals surface area (Å²) in [6, 6.07) is 12.7. The molecule has 0 bridgehead atoms. The lowest BCUT2D eigenvalue weighted by Crippen LogP contribution is -2.23. The van der Waals surface area contributed by atoms with Crippen molar-refractivity contribution in [3.8, 4) is 0 Å². The molecule has 0 aromatic heterocycles. The first kappa shape index (κ1) is 19.2. The number of benzene rings is 2. The molecule has 1 heterocycles. The molecule has 0 saturated carbocycles. The number of hydrogen-bond donors (Lipinski definition) is 0. The molecule has 0 atom stereocenters. The number of rotatable bonds is 4. The van der Waals surface area contributed by atoms with E-state index in [1.165, 1.54) is 22.7 Å². The molecular formula is C19H17N3O3S2. The molecule has 1 saturated heterocycles. The van der Waals surface area contributed by atoms with Crippen LogP contribution in [0.5, 0.6) is 0 Å². The van der Waals surface area contributed by atoms with E-state index in [1.807, 2.05) is 30.5 Å². The third-order valence-corrected chi connectivity index (χ3v) is 5.79. The van der Waals surface area contributed by atoms with Crippen molar-refractivity contribution in [2.24, 2.45) is 4.99 Å². The van der Waals surface area contributed by atoms with Gasteiger partial charge in [-0.3, -0.25) is 19.8 Å². The topological polar surface area (TPSA) is 75.8 Å². The number of amidine groups is 1. The fourth-order valence-electron chi connectivity index (χ4n) is 2.51. The van der Waals surface area contributed by atoms with E-state index >= 15 is 0 Å². The van der Waals surface area contributed by atoms with Gasteiger partial charge in [-0.1, -0.05) is 18.2 Å². The highest BCUT2D eigenvalue weighted by Crippen LogP contribution is 2.34. The summed E-state index contributed by atoms with van der Waals surface area (Å²) >= 11 is 2.89. The second kappa shape index (κ2) is 7.98. The van der Waals surface area contributed by atoms with Gasteiger partial charge in [-0.15, -0.1) is 11.8 Å². The first-order chi connectivity index (χ1) is 12.9. The molecule has 0 spiro atoms. The number of likely N-dealkylation sites (N-methyl/N-ethyl adjacent to an activating group) is 1. The average Bonchev–Trinajstić information content (AvgIpc) is 2.91. The molecule has 1 fully saturated rings. The van der Waals surface area contributed by atoms with Crippen molar-refractivity contribution in [3.63, 3.8) is 0 Å². The van der Waals surface area contributed by atoms with Gasteiger partial charge in [0.05, 0.1) is 15.5 Å². The fraction of sp³-hybridized carbons (Fsp3) is 0.158. The molecule has 0 radical (unpaired) electrons. The first-order valence-corrected chi connectivity index (χ1v) is 10.1. The van der Waals surface area contributed by atoms with Crippen LogP contribution in [0.3, 0.4) is 0 Å². The van der Waals surface area contributed by atoms with Gasteiger partial charge in [0, 0.05) is 23.6 Å². The van der Waals surface area contributed by atoms with Gasteiger partial charge in [-0.2, -0.15) is 0 Å². The van der Waals surface area contributed by atoms with Crippen LogP contribution in [0.15, 0.2) is 57.3 Å². The number of nitrogens with zero attached hydrogens (tertiary/aromatic N) is 3. The Labute approximate surface area is 165 Å². The lowest BCUT2D eigenvalue weighted by molar-refractivity contribution is -0.385. The summed E-state index contributed by atoms with van der Waals surface area (Å²) in [4.78, 5) is 30.9. The Morgan fingerprint density at radius 1 is 1.26 bits per heavy atom. The zero-order valence-corrected chi connectivity index (χ0v) is 16.6. The van der Waals surface area contributed by atoms with Gasteiger partial charge in [0.2, 0.25) is 0 Å². The van der Waals surface area contributed by atoms with E-state index in [1.54, 1.807) is 43.9 Å². The molecule has 6 nitrogen and oxygen atoms in total. The Balaban J connectivity index is 1.91. The number of aliphatic imine (C=N–C) groups is 1. The van der Waals surface area contributed by atoms with E-state index in [0.29, 0.717) is 21.2 Å². The van der Waals surface area contributed by atoms with Crippen LogP contribution >= 0.6 is 23.5 Å². The highest BCUT2D eigenvalue weighted by atomic mass is 32.2. The standard InChI is InChI=1S/C19H17N3O3S2/c1-12-7-8-13(9-16(12)22(24)25)10-17-18(23)21(2)19(27-17)20-14-5-4-6-15(11-14)26-3/h4-11H,1-3H3/b17-10+,20-19?. The highest BCUT2D eigenvalue weighted by molar-refractivity contribution is 8.18. The number of aryl methyl sites for hydroxylation is 1. The number of nitro groups is 1. The van der Waals surface area contributed by atoms with Crippen LogP contribution in [-0.2, 0) is 4.79 Å². The van der Waals surface area contributed by atoms with E-state index in [0.717, 1.165) is 10.6 Å². The van der Waals surface area contributed by atoms with Crippen LogP contribution < -0.4 is 0 Å². The van der Waals surface area contributed by atoms with Gasteiger partial charge in [-0.05, 0) is 54.8 Å². The maximum absolute atomic E-state index is 12.5. The van der Waals surface area contributed by atoms with Crippen LogP contribution in [0.4, 0.5) is 11.4 Å². The van der Waals surface area contributed by atoms with Crippen LogP contribution in [0.2, 0.25) is 0 Å². The number of nitro benzene ring substituents is 1. The van der Waals surface area contributed by atoms with Crippen LogP contribution in [0.25, 0.3) is 6.08 Å². The Morgan fingerprint density at radius 2 is 2.04 bits per heavy atom. The summed E-state index contributed by atoms with van der Waals surface area (Å²) in [5, 5.41) is 11.7.